The predicted octanol–water partition coefficient (Wildman–Crippen LogP) is 1.22. The van der Waals surface area contributed by atoms with Crippen LogP contribution in [0.1, 0.15) is 13.8 Å². The van der Waals surface area contributed by atoms with E-state index in [1.807, 2.05) is 51.2 Å². The molecule has 0 fully saturated rings. The second-order valence-corrected chi connectivity index (χ2v) is 5.10. The van der Waals surface area contributed by atoms with E-state index < -0.39 is 5.41 Å². The Balaban J connectivity index is 2.37. The van der Waals surface area contributed by atoms with Gasteiger partial charge >= 0.3 is 0 Å². The van der Waals surface area contributed by atoms with Crippen LogP contribution in [0.2, 0.25) is 0 Å². The molecule has 0 heterocycles. The number of nitrogens with zero attached hydrogens (tertiary/aromatic N) is 1. The fraction of sp³-hybridized carbons (Fsp3) is 0.500. The number of carbonyl (C=O) groups excluding carboxylic acids is 1. The van der Waals surface area contributed by atoms with Crippen LogP contribution in [-0.2, 0) is 4.79 Å². The molecule has 0 saturated heterocycles. The lowest BCUT2D eigenvalue weighted by Crippen LogP contribution is -2.44. The van der Waals surface area contributed by atoms with Crippen LogP contribution in [-0.4, -0.2) is 32.6 Å². The van der Waals surface area contributed by atoms with Crippen molar-refractivity contribution in [3.8, 4) is 0 Å². The van der Waals surface area contributed by atoms with Crippen molar-refractivity contribution in [2.45, 2.75) is 13.8 Å². The Morgan fingerprint density at radius 3 is 2.50 bits per heavy atom. The highest BCUT2D eigenvalue weighted by atomic mass is 16.2. The van der Waals surface area contributed by atoms with Gasteiger partial charge in [0, 0.05) is 32.4 Å². The minimum Gasteiger partial charge on any atom is -0.373 e. The molecular formula is C14H23N3O. The number of nitrogens with two attached hydrogens (primary N) is 1. The largest absolute Gasteiger partial charge is 0.373 e. The molecule has 0 aromatic heterocycles. The highest BCUT2D eigenvalue weighted by Crippen LogP contribution is 2.12. The molecule has 1 aromatic carbocycles. The van der Waals surface area contributed by atoms with Gasteiger partial charge in [-0.3, -0.25) is 4.79 Å². The number of amides is 1. The molecule has 18 heavy (non-hydrogen) atoms. The molecule has 0 unspecified atom stereocenters. The van der Waals surface area contributed by atoms with E-state index in [0.717, 1.165) is 12.2 Å². The third-order valence-corrected chi connectivity index (χ3v) is 3.05. The lowest BCUT2D eigenvalue weighted by atomic mass is 9.93. The van der Waals surface area contributed by atoms with Crippen LogP contribution in [0.4, 0.5) is 5.69 Å². The highest BCUT2D eigenvalue weighted by Gasteiger charge is 2.25. The number of hydrogen-bond donors (Lipinski definition) is 2. The summed E-state index contributed by atoms with van der Waals surface area (Å²) in [4.78, 5) is 13.9. The van der Waals surface area contributed by atoms with Crippen molar-refractivity contribution in [2.75, 3.05) is 31.6 Å². The van der Waals surface area contributed by atoms with E-state index in [1.165, 1.54) is 0 Å². The quantitative estimate of drug-likeness (QED) is 0.797. The van der Waals surface area contributed by atoms with E-state index in [0.29, 0.717) is 13.1 Å². The van der Waals surface area contributed by atoms with Crippen molar-refractivity contribution >= 4 is 11.6 Å². The van der Waals surface area contributed by atoms with Gasteiger partial charge in [0.25, 0.3) is 0 Å². The second-order valence-electron chi connectivity index (χ2n) is 5.10. The lowest BCUT2D eigenvalue weighted by Gasteiger charge is -2.23. The summed E-state index contributed by atoms with van der Waals surface area (Å²) in [6, 6.07) is 10.1. The van der Waals surface area contributed by atoms with Gasteiger partial charge in [-0.15, -0.1) is 0 Å². The molecule has 0 radical (unpaired) electrons. The van der Waals surface area contributed by atoms with E-state index in [4.69, 9.17) is 5.73 Å². The number of rotatable bonds is 6. The summed E-state index contributed by atoms with van der Waals surface area (Å²) >= 11 is 0. The number of para-hydroxylation sites is 1. The molecule has 0 aliphatic rings. The zero-order valence-corrected chi connectivity index (χ0v) is 11.4. The fourth-order valence-corrected chi connectivity index (χ4v) is 1.48. The van der Waals surface area contributed by atoms with Crippen molar-refractivity contribution < 1.29 is 4.79 Å². The fourth-order valence-electron chi connectivity index (χ4n) is 1.48. The molecule has 1 aromatic rings. The first-order valence-electron chi connectivity index (χ1n) is 6.22. The zero-order chi connectivity index (χ0) is 13.6. The Morgan fingerprint density at radius 2 is 1.94 bits per heavy atom. The van der Waals surface area contributed by atoms with Crippen molar-refractivity contribution in [1.82, 2.24) is 5.32 Å². The topological polar surface area (TPSA) is 58.4 Å². The molecular weight excluding hydrogens is 226 g/mol. The van der Waals surface area contributed by atoms with E-state index in [2.05, 4.69) is 10.2 Å². The van der Waals surface area contributed by atoms with Crippen LogP contribution < -0.4 is 16.0 Å². The summed E-state index contributed by atoms with van der Waals surface area (Å²) < 4.78 is 0. The third-order valence-electron chi connectivity index (χ3n) is 3.05. The molecule has 4 nitrogen and oxygen atoms in total. The van der Waals surface area contributed by atoms with Gasteiger partial charge in [0.15, 0.2) is 0 Å². The van der Waals surface area contributed by atoms with Crippen LogP contribution in [0, 0.1) is 5.41 Å². The minimum absolute atomic E-state index is 0.00598. The molecule has 0 aliphatic heterocycles. The first-order chi connectivity index (χ1) is 8.47. The Morgan fingerprint density at radius 1 is 1.33 bits per heavy atom. The number of benzene rings is 1. The van der Waals surface area contributed by atoms with Crippen molar-refractivity contribution in [1.29, 1.82) is 0 Å². The third kappa shape index (κ3) is 4.04. The number of nitrogens with one attached hydrogen (secondary N) is 1. The summed E-state index contributed by atoms with van der Waals surface area (Å²) in [5.74, 6) is 0.00598. The maximum atomic E-state index is 11.8. The summed E-state index contributed by atoms with van der Waals surface area (Å²) in [5, 5.41) is 2.91. The van der Waals surface area contributed by atoms with Gasteiger partial charge < -0.3 is 16.0 Å². The van der Waals surface area contributed by atoms with Crippen LogP contribution in [0.5, 0.6) is 0 Å². The van der Waals surface area contributed by atoms with Crippen molar-refractivity contribution in [2.24, 2.45) is 11.1 Å². The Labute approximate surface area is 109 Å². The second kappa shape index (κ2) is 6.40. The summed E-state index contributed by atoms with van der Waals surface area (Å²) in [7, 11) is 2.01. The zero-order valence-electron chi connectivity index (χ0n) is 11.4. The highest BCUT2D eigenvalue weighted by molar-refractivity contribution is 5.82. The van der Waals surface area contributed by atoms with Gasteiger partial charge in [-0.2, -0.15) is 0 Å². The van der Waals surface area contributed by atoms with Gasteiger partial charge in [-0.25, -0.2) is 0 Å². The average molecular weight is 249 g/mol. The maximum Gasteiger partial charge on any atom is 0.226 e. The summed E-state index contributed by atoms with van der Waals surface area (Å²) in [6.07, 6.45) is 0. The predicted molar refractivity (Wildman–Crippen MR) is 75.6 cm³/mol. The van der Waals surface area contributed by atoms with Crippen molar-refractivity contribution in [3.63, 3.8) is 0 Å². The molecule has 1 amide bonds. The van der Waals surface area contributed by atoms with E-state index >= 15 is 0 Å². The maximum absolute atomic E-state index is 11.8. The molecule has 4 heteroatoms. The smallest absolute Gasteiger partial charge is 0.226 e. The van der Waals surface area contributed by atoms with E-state index in [9.17, 15) is 4.79 Å². The molecule has 0 aliphatic carbocycles. The van der Waals surface area contributed by atoms with Gasteiger partial charge in [0.1, 0.15) is 0 Å². The van der Waals surface area contributed by atoms with Gasteiger partial charge in [0.05, 0.1) is 5.41 Å². The minimum atomic E-state index is -0.495. The molecule has 3 N–H and O–H groups in total. The van der Waals surface area contributed by atoms with Gasteiger partial charge in [-0.1, -0.05) is 18.2 Å². The van der Waals surface area contributed by atoms with Crippen molar-refractivity contribution in [3.05, 3.63) is 30.3 Å². The average Bonchev–Trinajstić information content (AvgIpc) is 2.39. The first-order valence-corrected chi connectivity index (χ1v) is 6.22. The molecule has 100 valence electrons. The van der Waals surface area contributed by atoms with E-state index in [1.54, 1.807) is 0 Å². The summed E-state index contributed by atoms with van der Waals surface area (Å²) in [5.41, 5.74) is 6.21. The van der Waals surface area contributed by atoms with Gasteiger partial charge in [0.2, 0.25) is 5.91 Å². The Bertz CT molecular complexity index is 376. The Kier molecular flexibility index (Phi) is 5.16. The van der Waals surface area contributed by atoms with Crippen LogP contribution in [0.15, 0.2) is 30.3 Å². The number of anilines is 1. The number of likely N-dealkylation sites (N-methyl/N-ethyl adjacent to an activating group) is 1. The van der Waals surface area contributed by atoms with Crippen LogP contribution in [0.25, 0.3) is 0 Å². The van der Waals surface area contributed by atoms with Gasteiger partial charge in [-0.05, 0) is 26.0 Å². The van der Waals surface area contributed by atoms with E-state index in [-0.39, 0.29) is 5.91 Å². The summed E-state index contributed by atoms with van der Waals surface area (Å²) in [6.45, 7) is 5.45. The molecule has 0 atom stereocenters. The molecule has 0 bridgehead atoms. The standard InChI is InChI=1S/C14H23N3O/c1-14(2,11-15)13(18)16-9-10-17(3)12-7-5-4-6-8-12/h4-8H,9-11,15H2,1-3H3,(H,16,18). The normalized spacial score (nSPS) is 11.1. The molecule has 0 saturated carbocycles. The Hall–Kier alpha value is -1.55. The van der Waals surface area contributed by atoms with Crippen LogP contribution >= 0.6 is 0 Å². The number of hydrogen-bond acceptors (Lipinski definition) is 3. The lowest BCUT2D eigenvalue weighted by molar-refractivity contribution is -0.128. The monoisotopic (exact) mass is 249 g/mol. The molecule has 1 rings (SSSR count). The molecule has 0 spiro atoms. The number of carbonyl (C=O) groups is 1. The SMILES string of the molecule is CN(CCNC(=O)C(C)(C)CN)c1ccccc1. The van der Waals surface area contributed by atoms with Crippen LogP contribution in [0.3, 0.4) is 0 Å². The first kappa shape index (κ1) is 14.5.